The summed E-state index contributed by atoms with van der Waals surface area (Å²) in [5.41, 5.74) is 4.22. The summed E-state index contributed by atoms with van der Waals surface area (Å²) in [6.45, 7) is 3.45. The third kappa shape index (κ3) is 4.82. The maximum Gasteiger partial charge on any atom is 0.338 e. The Morgan fingerprint density at radius 2 is 1.48 bits per heavy atom. The van der Waals surface area contributed by atoms with Crippen LogP contribution >= 0.6 is 0 Å². The van der Waals surface area contributed by atoms with Crippen LogP contribution in [-0.2, 0) is 16.1 Å². The number of ether oxygens (including phenoxy) is 1. The minimum atomic E-state index is -0.671. The van der Waals surface area contributed by atoms with Crippen LogP contribution < -0.4 is 5.32 Å². The lowest BCUT2D eigenvalue weighted by Gasteiger charge is -2.14. The number of carbonyl (C=O) groups excluding carboxylic acids is 4. The van der Waals surface area contributed by atoms with E-state index in [-0.39, 0.29) is 23.9 Å². The molecule has 7 heteroatoms. The lowest BCUT2D eigenvalue weighted by molar-refractivity contribution is -0.119. The van der Waals surface area contributed by atoms with Crippen molar-refractivity contribution in [2.24, 2.45) is 0 Å². The van der Waals surface area contributed by atoms with Crippen molar-refractivity contribution in [1.82, 2.24) is 4.90 Å². The van der Waals surface area contributed by atoms with Crippen LogP contribution in [0.25, 0.3) is 0 Å². The number of nitrogens with one attached hydrogen (secondary N) is 1. The third-order valence-corrected chi connectivity index (χ3v) is 5.22. The van der Waals surface area contributed by atoms with Crippen LogP contribution in [-0.4, -0.2) is 35.2 Å². The van der Waals surface area contributed by atoms with Gasteiger partial charge < -0.3 is 10.1 Å². The molecule has 0 atom stereocenters. The molecule has 0 spiro atoms. The second-order valence-corrected chi connectivity index (χ2v) is 7.94. The van der Waals surface area contributed by atoms with Crippen molar-refractivity contribution in [2.75, 3.05) is 11.9 Å². The van der Waals surface area contributed by atoms with Crippen LogP contribution in [0.4, 0.5) is 5.69 Å². The smallest absolute Gasteiger partial charge is 0.338 e. The Morgan fingerprint density at radius 1 is 0.848 bits per heavy atom. The molecule has 166 valence electrons. The largest absolute Gasteiger partial charge is 0.452 e. The number of anilines is 1. The van der Waals surface area contributed by atoms with E-state index in [2.05, 4.69) is 5.32 Å². The summed E-state index contributed by atoms with van der Waals surface area (Å²) in [5.74, 6) is -1.86. The van der Waals surface area contributed by atoms with E-state index < -0.39 is 18.5 Å². The van der Waals surface area contributed by atoms with Gasteiger partial charge in [0, 0.05) is 5.69 Å². The Labute approximate surface area is 191 Å². The molecule has 0 saturated heterocycles. The molecule has 0 fully saturated rings. The van der Waals surface area contributed by atoms with Gasteiger partial charge in [-0.1, -0.05) is 30.3 Å². The van der Waals surface area contributed by atoms with Gasteiger partial charge in [0.2, 0.25) is 0 Å². The molecule has 0 saturated carbocycles. The maximum atomic E-state index is 12.6. The average Bonchev–Trinajstić information content (AvgIpc) is 3.02. The van der Waals surface area contributed by atoms with Crippen LogP contribution in [0, 0.1) is 13.8 Å². The topological polar surface area (TPSA) is 92.8 Å². The van der Waals surface area contributed by atoms with E-state index in [1.165, 1.54) is 0 Å². The van der Waals surface area contributed by atoms with Crippen molar-refractivity contribution in [3.8, 4) is 0 Å². The standard InChI is InChI=1S/C26H22N2O5/c1-16-10-17(2)12-20(11-16)27-23(29)15-33-26(32)19-7-5-6-18(13-19)14-28-24(30)21-8-3-4-9-22(21)25(28)31/h3-13H,14-15H2,1-2H3,(H,27,29). The molecule has 7 nitrogen and oxygen atoms in total. The maximum absolute atomic E-state index is 12.6. The van der Waals surface area contributed by atoms with Crippen molar-refractivity contribution >= 4 is 29.4 Å². The van der Waals surface area contributed by atoms with Crippen molar-refractivity contribution in [3.05, 3.63) is 100 Å². The summed E-state index contributed by atoms with van der Waals surface area (Å²) in [6.07, 6.45) is 0. The van der Waals surface area contributed by atoms with E-state index in [0.29, 0.717) is 22.4 Å². The summed E-state index contributed by atoms with van der Waals surface area (Å²) in [4.78, 5) is 50.9. The number of carbonyl (C=O) groups is 4. The normalized spacial score (nSPS) is 12.5. The number of esters is 1. The Kier molecular flexibility index (Phi) is 6.04. The first-order chi connectivity index (χ1) is 15.8. The van der Waals surface area contributed by atoms with E-state index in [9.17, 15) is 19.2 Å². The van der Waals surface area contributed by atoms with Crippen molar-refractivity contribution in [1.29, 1.82) is 0 Å². The molecule has 0 aliphatic carbocycles. The number of nitrogens with zero attached hydrogens (tertiary/aromatic N) is 1. The predicted octanol–water partition coefficient (Wildman–Crippen LogP) is 3.90. The molecule has 4 rings (SSSR count). The first-order valence-corrected chi connectivity index (χ1v) is 10.4. The van der Waals surface area contributed by atoms with Gasteiger partial charge >= 0.3 is 5.97 Å². The molecule has 3 aromatic rings. The lowest BCUT2D eigenvalue weighted by atomic mass is 10.1. The fourth-order valence-corrected chi connectivity index (χ4v) is 3.82. The second kappa shape index (κ2) is 9.08. The molecule has 0 aromatic heterocycles. The van der Waals surface area contributed by atoms with Crippen LogP contribution in [0.2, 0.25) is 0 Å². The zero-order valence-corrected chi connectivity index (χ0v) is 18.3. The fraction of sp³-hybridized carbons (Fsp3) is 0.154. The van der Waals surface area contributed by atoms with E-state index >= 15 is 0 Å². The van der Waals surface area contributed by atoms with Crippen LogP contribution in [0.1, 0.15) is 47.8 Å². The summed E-state index contributed by atoms with van der Waals surface area (Å²) in [6, 6.07) is 18.8. The van der Waals surface area contributed by atoms with E-state index in [1.807, 2.05) is 32.0 Å². The Bertz CT molecular complexity index is 1230. The SMILES string of the molecule is Cc1cc(C)cc(NC(=O)COC(=O)c2cccc(CN3C(=O)c4ccccc4C3=O)c2)c1. The lowest BCUT2D eigenvalue weighted by Crippen LogP contribution is -2.29. The molecular formula is C26H22N2O5. The Balaban J connectivity index is 1.37. The molecule has 3 aromatic carbocycles. The summed E-state index contributed by atoms with van der Waals surface area (Å²) in [7, 11) is 0. The first-order valence-electron chi connectivity index (χ1n) is 10.4. The van der Waals surface area contributed by atoms with Gasteiger partial charge in [0.15, 0.2) is 6.61 Å². The molecule has 33 heavy (non-hydrogen) atoms. The zero-order valence-electron chi connectivity index (χ0n) is 18.3. The van der Waals surface area contributed by atoms with Gasteiger partial charge in [-0.3, -0.25) is 19.3 Å². The van der Waals surface area contributed by atoms with Gasteiger partial charge in [0.05, 0.1) is 23.2 Å². The number of amides is 3. The van der Waals surface area contributed by atoms with Gasteiger partial charge in [-0.05, 0) is 66.9 Å². The predicted molar refractivity (Wildman–Crippen MR) is 122 cm³/mol. The van der Waals surface area contributed by atoms with Crippen molar-refractivity contribution in [2.45, 2.75) is 20.4 Å². The number of rotatable bonds is 6. The number of aryl methyl sites for hydroxylation is 2. The Hall–Kier alpha value is -4.26. The number of hydrogen-bond donors (Lipinski definition) is 1. The number of benzene rings is 3. The molecule has 3 amide bonds. The number of imide groups is 1. The van der Waals surface area contributed by atoms with Crippen LogP contribution in [0.3, 0.4) is 0 Å². The van der Waals surface area contributed by atoms with Crippen LogP contribution in [0.5, 0.6) is 0 Å². The Morgan fingerprint density at radius 3 is 2.12 bits per heavy atom. The number of fused-ring (bicyclic) bond motifs is 1. The third-order valence-electron chi connectivity index (χ3n) is 5.22. The quantitative estimate of drug-likeness (QED) is 0.462. The number of hydrogen-bond acceptors (Lipinski definition) is 5. The molecule has 0 unspecified atom stereocenters. The van der Waals surface area contributed by atoms with Gasteiger partial charge in [-0.15, -0.1) is 0 Å². The van der Waals surface area contributed by atoms with E-state index in [0.717, 1.165) is 16.0 Å². The highest BCUT2D eigenvalue weighted by Gasteiger charge is 2.35. The summed E-state index contributed by atoms with van der Waals surface area (Å²) >= 11 is 0. The zero-order chi connectivity index (χ0) is 23.5. The minimum absolute atomic E-state index is 0.0284. The minimum Gasteiger partial charge on any atom is -0.452 e. The second-order valence-electron chi connectivity index (χ2n) is 7.94. The van der Waals surface area contributed by atoms with E-state index in [4.69, 9.17) is 4.74 Å². The molecule has 0 radical (unpaired) electrons. The van der Waals surface area contributed by atoms with Crippen molar-refractivity contribution < 1.29 is 23.9 Å². The van der Waals surface area contributed by atoms with E-state index in [1.54, 1.807) is 48.5 Å². The summed E-state index contributed by atoms with van der Waals surface area (Å²) in [5, 5.41) is 2.71. The summed E-state index contributed by atoms with van der Waals surface area (Å²) < 4.78 is 5.14. The van der Waals surface area contributed by atoms with Gasteiger partial charge in [0.1, 0.15) is 0 Å². The average molecular weight is 442 g/mol. The van der Waals surface area contributed by atoms with Gasteiger partial charge in [-0.25, -0.2) is 4.79 Å². The van der Waals surface area contributed by atoms with Gasteiger partial charge in [0.25, 0.3) is 17.7 Å². The van der Waals surface area contributed by atoms with Crippen LogP contribution in [0.15, 0.2) is 66.7 Å². The molecule has 1 heterocycles. The molecule has 1 N–H and O–H groups in total. The molecule has 0 bridgehead atoms. The van der Waals surface area contributed by atoms with Crippen molar-refractivity contribution in [3.63, 3.8) is 0 Å². The van der Waals surface area contributed by atoms with Gasteiger partial charge in [-0.2, -0.15) is 0 Å². The highest BCUT2D eigenvalue weighted by atomic mass is 16.5. The molecule has 1 aliphatic rings. The fourth-order valence-electron chi connectivity index (χ4n) is 3.82. The molecular weight excluding hydrogens is 420 g/mol. The first kappa shape index (κ1) is 22.0. The monoisotopic (exact) mass is 442 g/mol. The molecule has 1 aliphatic heterocycles. The highest BCUT2D eigenvalue weighted by molar-refractivity contribution is 6.21. The highest BCUT2D eigenvalue weighted by Crippen LogP contribution is 2.24.